The van der Waals surface area contributed by atoms with E-state index < -0.39 is 0 Å². The van der Waals surface area contributed by atoms with Gasteiger partial charge in [0.25, 0.3) is 0 Å². The van der Waals surface area contributed by atoms with E-state index >= 15 is 0 Å². The van der Waals surface area contributed by atoms with E-state index in [1.165, 1.54) is 21.8 Å². The summed E-state index contributed by atoms with van der Waals surface area (Å²) in [4.78, 5) is 0. The van der Waals surface area contributed by atoms with E-state index in [-0.39, 0.29) is 0 Å². The minimum Gasteiger partial charge on any atom is -0.389 e. The first-order valence-electron chi connectivity index (χ1n) is 5.38. The van der Waals surface area contributed by atoms with Crippen molar-refractivity contribution in [1.29, 1.82) is 0 Å². The van der Waals surface area contributed by atoms with Gasteiger partial charge in [0.05, 0.1) is 0 Å². The van der Waals surface area contributed by atoms with E-state index in [1.807, 2.05) is 0 Å². The zero-order valence-electron chi connectivity index (χ0n) is 8.77. The Morgan fingerprint density at radius 3 is 1.73 bits per heavy atom. The molecule has 2 heteroatoms. The van der Waals surface area contributed by atoms with Crippen LogP contribution in [0.1, 0.15) is 0 Å². The standard InChI is InChI=1S/C13H12BN/c1-14-15-12-8-4-2-6-10(12)11-7-3-5-9-13(11)15/h2-9,14H,1H3. The normalized spacial score (nSPS) is 11.0. The first kappa shape index (κ1) is 8.60. The van der Waals surface area contributed by atoms with Crippen molar-refractivity contribution in [2.45, 2.75) is 6.82 Å². The van der Waals surface area contributed by atoms with Gasteiger partial charge in [-0.3, -0.25) is 0 Å². The van der Waals surface area contributed by atoms with E-state index in [4.69, 9.17) is 0 Å². The summed E-state index contributed by atoms with van der Waals surface area (Å²) in [5, 5.41) is 2.71. The third-order valence-corrected chi connectivity index (χ3v) is 3.00. The number of aromatic nitrogens is 1. The Kier molecular flexibility index (Phi) is 1.81. The molecule has 0 saturated heterocycles. The maximum atomic E-state index is 2.37. The summed E-state index contributed by atoms with van der Waals surface area (Å²) >= 11 is 0. The average Bonchev–Trinajstić information content (AvgIpc) is 2.63. The molecule has 0 radical (unpaired) electrons. The van der Waals surface area contributed by atoms with Crippen LogP contribution in [0.4, 0.5) is 0 Å². The van der Waals surface area contributed by atoms with E-state index in [0.717, 1.165) is 7.41 Å². The van der Waals surface area contributed by atoms with Crippen molar-refractivity contribution in [3.8, 4) is 0 Å². The Balaban J connectivity index is 2.62. The van der Waals surface area contributed by atoms with Crippen molar-refractivity contribution < 1.29 is 0 Å². The minimum atomic E-state index is 1.02. The van der Waals surface area contributed by atoms with Crippen LogP contribution in [0, 0.1) is 0 Å². The molecule has 3 aromatic rings. The molecular weight excluding hydrogens is 181 g/mol. The fraction of sp³-hybridized carbons (Fsp3) is 0.0769. The highest BCUT2D eigenvalue weighted by Crippen LogP contribution is 2.27. The average molecular weight is 193 g/mol. The molecule has 72 valence electrons. The summed E-state index contributed by atoms with van der Waals surface area (Å²) in [5.74, 6) is 0. The third kappa shape index (κ3) is 1.11. The fourth-order valence-corrected chi connectivity index (χ4v) is 2.34. The molecule has 0 amide bonds. The quantitative estimate of drug-likeness (QED) is 0.523. The topological polar surface area (TPSA) is 4.93 Å². The lowest BCUT2D eigenvalue weighted by Gasteiger charge is -2.00. The second-order valence-electron chi connectivity index (χ2n) is 3.78. The third-order valence-electron chi connectivity index (χ3n) is 3.00. The van der Waals surface area contributed by atoms with Gasteiger partial charge in [-0.15, -0.1) is 0 Å². The van der Waals surface area contributed by atoms with Crippen molar-refractivity contribution in [3.63, 3.8) is 0 Å². The number of hydrogen-bond donors (Lipinski definition) is 0. The van der Waals surface area contributed by atoms with Crippen LogP contribution in [-0.2, 0) is 0 Å². The Morgan fingerprint density at radius 1 is 0.800 bits per heavy atom. The summed E-state index contributed by atoms with van der Waals surface area (Å²) in [6.45, 7) is 2.19. The van der Waals surface area contributed by atoms with Gasteiger partial charge >= 0.3 is 0 Å². The Morgan fingerprint density at radius 2 is 1.27 bits per heavy atom. The van der Waals surface area contributed by atoms with Gasteiger partial charge in [-0.25, -0.2) is 0 Å². The van der Waals surface area contributed by atoms with Crippen LogP contribution < -0.4 is 0 Å². The number of para-hydroxylation sites is 2. The fourth-order valence-electron chi connectivity index (χ4n) is 2.34. The monoisotopic (exact) mass is 193 g/mol. The molecule has 2 aromatic carbocycles. The van der Waals surface area contributed by atoms with E-state index in [0.29, 0.717) is 0 Å². The molecule has 0 N–H and O–H groups in total. The van der Waals surface area contributed by atoms with Gasteiger partial charge in [-0.2, -0.15) is 0 Å². The highest BCUT2D eigenvalue weighted by Gasteiger charge is 2.07. The van der Waals surface area contributed by atoms with Crippen LogP contribution in [-0.4, -0.2) is 11.9 Å². The van der Waals surface area contributed by atoms with Crippen LogP contribution in [0.25, 0.3) is 21.8 Å². The predicted molar refractivity (Wildman–Crippen MR) is 67.9 cm³/mol. The molecule has 0 fully saturated rings. The van der Waals surface area contributed by atoms with E-state index in [2.05, 4.69) is 59.8 Å². The summed E-state index contributed by atoms with van der Waals surface area (Å²) < 4.78 is 2.37. The van der Waals surface area contributed by atoms with Gasteiger partial charge in [0.1, 0.15) is 0 Å². The van der Waals surface area contributed by atoms with E-state index in [1.54, 1.807) is 0 Å². The maximum absolute atomic E-state index is 2.37. The number of hydrogen-bond acceptors (Lipinski definition) is 0. The van der Waals surface area contributed by atoms with Crippen molar-refractivity contribution in [2.24, 2.45) is 0 Å². The van der Waals surface area contributed by atoms with Crippen molar-refractivity contribution in [3.05, 3.63) is 48.5 Å². The molecule has 1 aromatic heterocycles. The maximum Gasteiger partial charge on any atom is 0.239 e. The molecule has 0 spiro atoms. The SMILES string of the molecule is CBn1c2ccccc2c2ccccc21. The van der Waals surface area contributed by atoms with Crippen molar-refractivity contribution in [1.82, 2.24) is 4.48 Å². The van der Waals surface area contributed by atoms with Crippen LogP contribution in [0.3, 0.4) is 0 Å². The Hall–Kier alpha value is -1.70. The molecule has 1 heterocycles. The summed E-state index contributed by atoms with van der Waals surface area (Å²) in [6, 6.07) is 17.2. The molecule has 0 aliphatic heterocycles. The molecule has 0 aliphatic rings. The van der Waals surface area contributed by atoms with Gasteiger partial charge in [0, 0.05) is 21.8 Å². The van der Waals surface area contributed by atoms with Gasteiger partial charge in [0.2, 0.25) is 7.41 Å². The highest BCUT2D eigenvalue weighted by molar-refractivity contribution is 6.37. The second kappa shape index (κ2) is 3.16. The molecule has 0 aliphatic carbocycles. The molecule has 15 heavy (non-hydrogen) atoms. The lowest BCUT2D eigenvalue weighted by molar-refractivity contribution is 1.36. The molecular formula is C13H12BN. The largest absolute Gasteiger partial charge is 0.389 e. The second-order valence-corrected chi connectivity index (χ2v) is 3.78. The van der Waals surface area contributed by atoms with Crippen LogP contribution in [0.5, 0.6) is 0 Å². The lowest BCUT2D eigenvalue weighted by atomic mass is 9.99. The summed E-state index contributed by atoms with van der Waals surface area (Å²) in [6.07, 6.45) is 0. The summed E-state index contributed by atoms with van der Waals surface area (Å²) in [7, 11) is 1.02. The molecule has 0 bridgehead atoms. The van der Waals surface area contributed by atoms with Crippen LogP contribution in [0.2, 0.25) is 6.82 Å². The predicted octanol–water partition coefficient (Wildman–Crippen LogP) is 3.04. The van der Waals surface area contributed by atoms with Crippen molar-refractivity contribution >= 4 is 29.2 Å². The molecule has 3 rings (SSSR count). The lowest BCUT2D eigenvalue weighted by Crippen LogP contribution is -1.99. The molecule has 0 saturated carbocycles. The van der Waals surface area contributed by atoms with Crippen molar-refractivity contribution in [2.75, 3.05) is 0 Å². The number of benzene rings is 2. The van der Waals surface area contributed by atoms with Gasteiger partial charge < -0.3 is 4.48 Å². The minimum absolute atomic E-state index is 1.02. The number of fused-ring (bicyclic) bond motifs is 3. The zero-order chi connectivity index (χ0) is 10.3. The molecule has 0 unspecified atom stereocenters. The Bertz CT molecular complexity index is 571. The highest BCUT2D eigenvalue weighted by atomic mass is 14.9. The smallest absolute Gasteiger partial charge is 0.239 e. The zero-order valence-corrected chi connectivity index (χ0v) is 8.77. The van der Waals surface area contributed by atoms with Gasteiger partial charge in [0.15, 0.2) is 0 Å². The molecule has 1 nitrogen and oxygen atoms in total. The van der Waals surface area contributed by atoms with Crippen LogP contribution in [0.15, 0.2) is 48.5 Å². The van der Waals surface area contributed by atoms with Crippen LogP contribution >= 0.6 is 0 Å². The number of rotatable bonds is 1. The number of nitrogens with zero attached hydrogens (tertiary/aromatic N) is 1. The summed E-state index contributed by atoms with van der Waals surface area (Å²) in [5.41, 5.74) is 2.67. The van der Waals surface area contributed by atoms with E-state index in [9.17, 15) is 0 Å². The Labute approximate surface area is 89.6 Å². The van der Waals surface area contributed by atoms with Gasteiger partial charge in [-0.05, 0) is 12.1 Å². The van der Waals surface area contributed by atoms with Gasteiger partial charge in [-0.1, -0.05) is 43.2 Å². The first-order chi connectivity index (χ1) is 7.42. The molecule has 0 atom stereocenters. The first-order valence-corrected chi connectivity index (χ1v) is 5.38.